The van der Waals surface area contributed by atoms with Crippen molar-refractivity contribution in [2.45, 2.75) is 23.3 Å². The summed E-state index contributed by atoms with van der Waals surface area (Å²) in [5.74, 6) is 0.353. The molecule has 0 atom stereocenters. The molecule has 0 saturated heterocycles. The summed E-state index contributed by atoms with van der Waals surface area (Å²) in [5.41, 5.74) is 2.17. The highest BCUT2D eigenvalue weighted by Gasteiger charge is 2.05. The molecule has 0 heterocycles. The quantitative estimate of drug-likeness (QED) is 0.880. The van der Waals surface area contributed by atoms with E-state index in [1.165, 1.54) is 10.5 Å². The average Bonchev–Trinajstić information content (AvgIpc) is 2.37. The first-order chi connectivity index (χ1) is 8.70. The van der Waals surface area contributed by atoms with Crippen LogP contribution in [0.2, 0.25) is 0 Å². The third kappa shape index (κ3) is 3.06. The molecule has 94 valence electrons. The van der Waals surface area contributed by atoms with Crippen molar-refractivity contribution in [2.75, 3.05) is 7.05 Å². The van der Waals surface area contributed by atoms with Gasteiger partial charge in [-0.25, -0.2) is 0 Å². The third-order valence-electron chi connectivity index (χ3n) is 2.75. The lowest BCUT2D eigenvalue weighted by atomic mass is 10.2. The van der Waals surface area contributed by atoms with Crippen LogP contribution in [0, 0.1) is 6.92 Å². The zero-order valence-electron chi connectivity index (χ0n) is 10.6. The Hall–Kier alpha value is -1.45. The second-order valence-electron chi connectivity index (χ2n) is 4.19. The van der Waals surface area contributed by atoms with Crippen LogP contribution in [0.3, 0.4) is 0 Å². The van der Waals surface area contributed by atoms with Gasteiger partial charge in [-0.3, -0.25) is 0 Å². The summed E-state index contributed by atoms with van der Waals surface area (Å²) in [5, 5.41) is 12.9. The Balaban J connectivity index is 2.25. The molecule has 2 aromatic carbocycles. The van der Waals surface area contributed by atoms with Gasteiger partial charge in [0.2, 0.25) is 0 Å². The molecule has 0 amide bonds. The van der Waals surface area contributed by atoms with Gasteiger partial charge in [-0.2, -0.15) is 0 Å². The minimum atomic E-state index is 0.353. The van der Waals surface area contributed by atoms with Gasteiger partial charge < -0.3 is 10.4 Å². The van der Waals surface area contributed by atoms with E-state index in [1.807, 2.05) is 44.3 Å². The number of aryl methyl sites for hydroxylation is 1. The molecule has 0 aliphatic heterocycles. The monoisotopic (exact) mass is 259 g/mol. The van der Waals surface area contributed by atoms with Crippen molar-refractivity contribution in [2.24, 2.45) is 0 Å². The number of hydrogen-bond donors (Lipinski definition) is 2. The van der Waals surface area contributed by atoms with E-state index in [4.69, 9.17) is 0 Å². The molecular formula is C15H17NOS. The molecule has 2 nitrogen and oxygen atoms in total. The Morgan fingerprint density at radius 1 is 1.17 bits per heavy atom. The maximum atomic E-state index is 9.73. The Labute approximate surface area is 112 Å². The van der Waals surface area contributed by atoms with Gasteiger partial charge in [0, 0.05) is 16.3 Å². The molecule has 0 radical (unpaired) electrons. The summed E-state index contributed by atoms with van der Waals surface area (Å²) in [6.07, 6.45) is 0. The summed E-state index contributed by atoms with van der Waals surface area (Å²) < 4.78 is 0. The van der Waals surface area contributed by atoms with Crippen LogP contribution in [-0.2, 0) is 6.54 Å². The molecule has 0 aromatic heterocycles. The summed E-state index contributed by atoms with van der Waals surface area (Å²) in [6.45, 7) is 2.75. The van der Waals surface area contributed by atoms with Crippen molar-refractivity contribution in [3.8, 4) is 5.75 Å². The van der Waals surface area contributed by atoms with Gasteiger partial charge in [0.15, 0.2) is 0 Å². The number of rotatable bonds is 4. The van der Waals surface area contributed by atoms with Crippen molar-refractivity contribution in [1.82, 2.24) is 5.32 Å². The lowest BCUT2D eigenvalue weighted by Gasteiger charge is -2.09. The van der Waals surface area contributed by atoms with Gasteiger partial charge in [-0.05, 0) is 43.3 Å². The predicted molar refractivity (Wildman–Crippen MR) is 76.2 cm³/mol. The van der Waals surface area contributed by atoms with Gasteiger partial charge >= 0.3 is 0 Å². The Morgan fingerprint density at radius 2 is 1.94 bits per heavy atom. The number of phenols is 1. The number of aromatic hydroxyl groups is 1. The summed E-state index contributed by atoms with van der Waals surface area (Å²) in [6, 6.07) is 14.1. The van der Waals surface area contributed by atoms with Crippen LogP contribution in [0.5, 0.6) is 5.75 Å². The first kappa shape index (κ1) is 13.0. The maximum Gasteiger partial charge on any atom is 0.119 e. The predicted octanol–water partition coefficient (Wildman–Crippen LogP) is 3.57. The van der Waals surface area contributed by atoms with Crippen molar-refractivity contribution in [3.05, 3.63) is 53.6 Å². The van der Waals surface area contributed by atoms with Gasteiger partial charge in [0.1, 0.15) is 5.75 Å². The second-order valence-corrected chi connectivity index (χ2v) is 5.30. The lowest BCUT2D eigenvalue weighted by Crippen LogP contribution is -2.05. The zero-order chi connectivity index (χ0) is 13.0. The fourth-order valence-corrected chi connectivity index (χ4v) is 2.70. The number of benzene rings is 2. The Morgan fingerprint density at radius 3 is 2.67 bits per heavy atom. The standard InChI is InChI=1S/C15H17NOS/c1-11-7-8-13(9-14(11)17)18-15-6-4-3-5-12(15)10-16-2/h3-9,16-17H,10H2,1-2H3. The van der Waals surface area contributed by atoms with Crippen LogP contribution in [0.25, 0.3) is 0 Å². The van der Waals surface area contributed by atoms with E-state index in [0.29, 0.717) is 5.75 Å². The van der Waals surface area contributed by atoms with Crippen molar-refractivity contribution in [1.29, 1.82) is 0 Å². The smallest absolute Gasteiger partial charge is 0.119 e. The molecule has 2 aromatic rings. The summed E-state index contributed by atoms with van der Waals surface area (Å²) in [4.78, 5) is 2.27. The molecular weight excluding hydrogens is 242 g/mol. The van der Waals surface area contributed by atoms with E-state index in [1.54, 1.807) is 11.8 Å². The van der Waals surface area contributed by atoms with Gasteiger partial charge in [0.05, 0.1) is 0 Å². The van der Waals surface area contributed by atoms with Crippen molar-refractivity contribution in [3.63, 3.8) is 0 Å². The molecule has 0 fully saturated rings. The summed E-state index contributed by atoms with van der Waals surface area (Å²) in [7, 11) is 1.94. The van der Waals surface area contributed by atoms with Crippen LogP contribution in [0.1, 0.15) is 11.1 Å². The molecule has 0 unspecified atom stereocenters. The molecule has 0 aliphatic carbocycles. The van der Waals surface area contributed by atoms with Gasteiger partial charge in [-0.15, -0.1) is 0 Å². The first-order valence-electron chi connectivity index (χ1n) is 5.90. The van der Waals surface area contributed by atoms with Crippen molar-refractivity contribution >= 4 is 11.8 Å². The Kier molecular flexibility index (Phi) is 4.28. The fraction of sp³-hybridized carbons (Fsp3) is 0.200. The van der Waals surface area contributed by atoms with Crippen molar-refractivity contribution < 1.29 is 5.11 Å². The zero-order valence-corrected chi connectivity index (χ0v) is 11.4. The van der Waals surface area contributed by atoms with E-state index in [2.05, 4.69) is 17.4 Å². The van der Waals surface area contributed by atoms with Gasteiger partial charge in [0.25, 0.3) is 0 Å². The minimum Gasteiger partial charge on any atom is -0.508 e. The number of hydrogen-bond acceptors (Lipinski definition) is 3. The molecule has 0 bridgehead atoms. The SMILES string of the molecule is CNCc1ccccc1Sc1ccc(C)c(O)c1. The Bertz CT molecular complexity index is 540. The molecule has 0 saturated carbocycles. The number of nitrogens with one attached hydrogen (secondary N) is 1. The fourth-order valence-electron chi connectivity index (χ4n) is 1.72. The van der Waals surface area contributed by atoms with E-state index in [-0.39, 0.29) is 0 Å². The topological polar surface area (TPSA) is 32.3 Å². The largest absolute Gasteiger partial charge is 0.508 e. The second kappa shape index (κ2) is 5.94. The molecule has 3 heteroatoms. The lowest BCUT2D eigenvalue weighted by molar-refractivity contribution is 0.469. The van der Waals surface area contributed by atoms with Crippen LogP contribution < -0.4 is 5.32 Å². The highest BCUT2D eigenvalue weighted by Crippen LogP contribution is 2.33. The van der Waals surface area contributed by atoms with Gasteiger partial charge in [-0.1, -0.05) is 36.0 Å². The van der Waals surface area contributed by atoms with Crippen LogP contribution in [0.4, 0.5) is 0 Å². The molecule has 0 aliphatic rings. The summed E-state index contributed by atoms with van der Waals surface area (Å²) >= 11 is 1.68. The maximum absolute atomic E-state index is 9.73. The first-order valence-corrected chi connectivity index (χ1v) is 6.72. The molecule has 2 rings (SSSR count). The van der Waals surface area contributed by atoms with Crippen LogP contribution in [0.15, 0.2) is 52.3 Å². The van der Waals surface area contributed by atoms with Crippen LogP contribution in [-0.4, -0.2) is 12.2 Å². The van der Waals surface area contributed by atoms with E-state index < -0.39 is 0 Å². The average molecular weight is 259 g/mol. The van der Waals surface area contributed by atoms with E-state index in [0.717, 1.165) is 17.0 Å². The third-order valence-corrected chi connectivity index (χ3v) is 3.86. The highest BCUT2D eigenvalue weighted by atomic mass is 32.2. The molecule has 0 spiro atoms. The minimum absolute atomic E-state index is 0.353. The normalized spacial score (nSPS) is 10.6. The molecule has 2 N–H and O–H groups in total. The number of phenolic OH excluding ortho intramolecular Hbond substituents is 1. The van der Waals surface area contributed by atoms with E-state index in [9.17, 15) is 5.11 Å². The highest BCUT2D eigenvalue weighted by molar-refractivity contribution is 7.99. The molecule has 18 heavy (non-hydrogen) atoms. The van der Waals surface area contributed by atoms with E-state index >= 15 is 0 Å². The van der Waals surface area contributed by atoms with Crippen LogP contribution >= 0.6 is 11.8 Å².